The largest absolute Gasteiger partial charge is 0.405 e. The maximum atomic E-state index is 13.3. The molecule has 5 fully saturated rings. The molecule has 0 aromatic rings. The maximum Gasteiger partial charge on any atom is 0.405 e. The number of ether oxygens (including phenoxy) is 1. The third kappa shape index (κ3) is 6.28. The van der Waals surface area contributed by atoms with Crippen LogP contribution in [0.25, 0.3) is 0 Å². The lowest BCUT2D eigenvalue weighted by Gasteiger charge is -2.46. The molecule has 7 unspecified atom stereocenters. The van der Waals surface area contributed by atoms with Gasteiger partial charge >= 0.3 is 6.18 Å². The number of methoxy groups -OCH3 is 1. The minimum Gasteiger partial charge on any atom is -0.383 e. The zero-order valence-corrected chi connectivity index (χ0v) is 24.8. The van der Waals surface area contributed by atoms with Crippen molar-refractivity contribution in [2.45, 2.75) is 102 Å². The third-order valence-electron chi connectivity index (χ3n) is 10.7. The second-order valence-electron chi connectivity index (χ2n) is 13.5. The number of rotatable bonds is 8. The lowest BCUT2D eigenvalue weighted by molar-refractivity contribution is -0.150. The van der Waals surface area contributed by atoms with Crippen LogP contribution < -0.4 is 16.0 Å². The van der Waals surface area contributed by atoms with Gasteiger partial charge in [0.1, 0.15) is 12.2 Å². The first-order chi connectivity index (χ1) is 19.1. The van der Waals surface area contributed by atoms with Gasteiger partial charge in [0.25, 0.3) is 0 Å². The molecule has 4 N–H and O–H groups in total. The first-order valence-electron chi connectivity index (χ1n) is 15.7. The molecular weight excluding hydrogens is 519 g/mol. The molecule has 8 nitrogen and oxygen atoms in total. The topological polar surface area (TPSA) is 78.9 Å². The lowest BCUT2D eigenvalue weighted by Crippen LogP contribution is -2.67. The summed E-state index contributed by atoms with van der Waals surface area (Å²) in [5, 5.41) is 19.9. The fraction of sp³-hybridized carbons (Fsp3) is 0.966. The van der Waals surface area contributed by atoms with E-state index >= 15 is 0 Å². The average molecular weight is 572 g/mol. The Morgan fingerprint density at radius 3 is 2.38 bits per heavy atom. The van der Waals surface area contributed by atoms with Crippen molar-refractivity contribution in [3.05, 3.63) is 0 Å². The lowest BCUT2D eigenvalue weighted by atomic mass is 9.71. The minimum absolute atomic E-state index is 0.0267. The highest BCUT2D eigenvalue weighted by molar-refractivity contribution is 5.80. The Labute approximate surface area is 238 Å². The summed E-state index contributed by atoms with van der Waals surface area (Å²) in [4.78, 5) is 6.35. The van der Waals surface area contributed by atoms with Crippen molar-refractivity contribution < 1.29 is 17.9 Å². The number of nitrogens with one attached hydrogen (secondary N) is 4. The first-order valence-corrected chi connectivity index (χ1v) is 15.7. The Hall–Kier alpha value is -1.14. The summed E-state index contributed by atoms with van der Waals surface area (Å²) in [5.74, 6) is 3.24. The summed E-state index contributed by atoms with van der Waals surface area (Å²) >= 11 is 0. The number of likely N-dealkylation sites (N-methyl/N-ethyl adjacent to an activating group) is 1. The number of alkyl halides is 3. The average Bonchev–Trinajstić information content (AvgIpc) is 3.45. The van der Waals surface area contributed by atoms with Crippen LogP contribution in [0.15, 0.2) is 0 Å². The standard InChI is InChI=1S/C29H52F3N7O/c1-18(2)21-7-5-6-8-22(21)25-34-15-23-27(36-25)39(28(33)38(23)13-14-40-4)16-19-9-11-20(12-10-19)26-35-24(17-37(26)3)29(30,31)32/h18-27,33-36H,5-17H2,1-4H3. The molecule has 2 saturated carbocycles. The van der Waals surface area contributed by atoms with E-state index in [1.165, 1.54) is 25.7 Å². The molecule has 5 aliphatic rings. The van der Waals surface area contributed by atoms with Gasteiger partial charge in [0.15, 0.2) is 5.96 Å². The molecule has 0 aromatic carbocycles. The van der Waals surface area contributed by atoms with E-state index in [1.54, 1.807) is 7.11 Å². The summed E-state index contributed by atoms with van der Waals surface area (Å²) in [6.45, 7) is 7.72. The van der Waals surface area contributed by atoms with Crippen LogP contribution in [0.1, 0.15) is 65.2 Å². The molecule has 3 saturated heterocycles. The van der Waals surface area contributed by atoms with Crippen LogP contribution in [0, 0.1) is 35.0 Å². The summed E-state index contributed by atoms with van der Waals surface area (Å²) in [6, 6.07) is -1.24. The highest BCUT2D eigenvalue weighted by Gasteiger charge is 2.50. The summed E-state index contributed by atoms with van der Waals surface area (Å²) in [5.41, 5.74) is 0. The van der Waals surface area contributed by atoms with Crippen molar-refractivity contribution >= 4 is 5.96 Å². The van der Waals surface area contributed by atoms with E-state index < -0.39 is 12.2 Å². The van der Waals surface area contributed by atoms with Gasteiger partial charge in [0.05, 0.1) is 25.0 Å². The summed E-state index contributed by atoms with van der Waals surface area (Å²) < 4.78 is 45.3. The zero-order valence-electron chi connectivity index (χ0n) is 24.8. The van der Waals surface area contributed by atoms with E-state index in [0.717, 1.165) is 38.8 Å². The number of fused-ring (bicyclic) bond motifs is 1. The van der Waals surface area contributed by atoms with Gasteiger partial charge in [0, 0.05) is 33.3 Å². The van der Waals surface area contributed by atoms with Crippen molar-refractivity contribution in [1.82, 2.24) is 30.7 Å². The van der Waals surface area contributed by atoms with Gasteiger partial charge in [-0.15, -0.1) is 0 Å². The van der Waals surface area contributed by atoms with Gasteiger partial charge in [0.2, 0.25) is 0 Å². The van der Waals surface area contributed by atoms with Gasteiger partial charge in [-0.05, 0) is 75.2 Å². The van der Waals surface area contributed by atoms with E-state index in [1.807, 2.05) is 11.9 Å². The van der Waals surface area contributed by atoms with Crippen molar-refractivity contribution in [1.29, 1.82) is 5.41 Å². The molecule has 3 aliphatic heterocycles. The highest BCUT2D eigenvalue weighted by atomic mass is 19.4. The SMILES string of the molecule is COCCN1C(=N)N(CC2CCC(C3NC(C(F)(F)F)CN3C)CC2)C2NC(C3CCCCC3C(C)C)NCC21. The molecule has 2 aliphatic carbocycles. The van der Waals surface area contributed by atoms with Crippen LogP contribution in [-0.2, 0) is 4.74 Å². The van der Waals surface area contributed by atoms with Gasteiger partial charge < -0.3 is 14.5 Å². The van der Waals surface area contributed by atoms with Crippen LogP contribution in [0.5, 0.6) is 0 Å². The molecule has 0 radical (unpaired) electrons. The van der Waals surface area contributed by atoms with Crippen molar-refractivity contribution in [3.63, 3.8) is 0 Å². The van der Waals surface area contributed by atoms with Crippen molar-refractivity contribution in [2.75, 3.05) is 46.9 Å². The minimum atomic E-state index is -4.20. The monoisotopic (exact) mass is 571 g/mol. The number of halogens is 3. The molecule has 11 heteroatoms. The maximum absolute atomic E-state index is 13.3. The Balaban J connectivity index is 1.23. The van der Waals surface area contributed by atoms with Gasteiger partial charge in [-0.3, -0.25) is 26.3 Å². The fourth-order valence-corrected chi connectivity index (χ4v) is 8.56. The Kier molecular flexibility index (Phi) is 9.56. The van der Waals surface area contributed by atoms with Gasteiger partial charge in [-0.1, -0.05) is 26.7 Å². The zero-order chi connectivity index (χ0) is 28.6. The third-order valence-corrected chi connectivity index (χ3v) is 10.7. The molecule has 5 rings (SSSR count). The van der Waals surface area contributed by atoms with Crippen LogP contribution in [0.2, 0.25) is 0 Å². The van der Waals surface area contributed by atoms with Gasteiger partial charge in [-0.2, -0.15) is 13.2 Å². The molecular formula is C29H52F3N7O. The fourth-order valence-electron chi connectivity index (χ4n) is 8.56. The molecule has 0 spiro atoms. The smallest absolute Gasteiger partial charge is 0.383 e. The van der Waals surface area contributed by atoms with Crippen LogP contribution in [-0.4, -0.2) is 104 Å². The Morgan fingerprint density at radius 1 is 1.00 bits per heavy atom. The quantitative estimate of drug-likeness (QED) is 0.356. The second-order valence-corrected chi connectivity index (χ2v) is 13.5. The summed E-state index contributed by atoms with van der Waals surface area (Å²) in [6.07, 6.45) is 4.95. The number of hydrogen-bond donors (Lipinski definition) is 4. The molecule has 0 bridgehead atoms. The second kappa shape index (κ2) is 12.6. The van der Waals surface area contributed by atoms with Crippen LogP contribution >= 0.6 is 0 Å². The van der Waals surface area contributed by atoms with Crippen LogP contribution in [0.4, 0.5) is 13.2 Å². The molecule has 230 valence electrons. The van der Waals surface area contributed by atoms with E-state index in [4.69, 9.17) is 10.1 Å². The molecule has 3 heterocycles. The number of hydrogen-bond acceptors (Lipinski definition) is 6. The van der Waals surface area contributed by atoms with Crippen molar-refractivity contribution in [2.24, 2.45) is 29.6 Å². The van der Waals surface area contributed by atoms with E-state index in [9.17, 15) is 13.2 Å². The number of guanidine groups is 1. The van der Waals surface area contributed by atoms with E-state index in [-0.39, 0.29) is 37.0 Å². The predicted octanol–water partition coefficient (Wildman–Crippen LogP) is 3.46. The number of nitrogens with zero attached hydrogens (tertiary/aromatic N) is 3. The molecule has 40 heavy (non-hydrogen) atoms. The summed E-state index contributed by atoms with van der Waals surface area (Å²) in [7, 11) is 3.52. The highest BCUT2D eigenvalue weighted by Crippen LogP contribution is 2.40. The molecule has 7 atom stereocenters. The molecule has 0 amide bonds. The van der Waals surface area contributed by atoms with Crippen LogP contribution in [0.3, 0.4) is 0 Å². The normalized spacial score (nSPS) is 39.8. The van der Waals surface area contributed by atoms with Crippen molar-refractivity contribution in [3.8, 4) is 0 Å². The Bertz CT molecular complexity index is 852. The molecule has 0 aromatic heterocycles. The Morgan fingerprint density at radius 2 is 1.73 bits per heavy atom. The first kappa shape index (κ1) is 30.3. The van der Waals surface area contributed by atoms with E-state index in [2.05, 4.69) is 39.6 Å². The van der Waals surface area contributed by atoms with E-state index in [0.29, 0.717) is 42.8 Å². The predicted molar refractivity (Wildman–Crippen MR) is 151 cm³/mol. The van der Waals surface area contributed by atoms with Gasteiger partial charge in [-0.25, -0.2) is 0 Å².